The van der Waals surface area contributed by atoms with Crippen molar-refractivity contribution in [1.29, 1.82) is 0 Å². The van der Waals surface area contributed by atoms with Gasteiger partial charge in [0, 0.05) is 83.6 Å². The van der Waals surface area contributed by atoms with E-state index in [1.165, 1.54) is 22.3 Å². The smallest absolute Gasteiger partial charge is 0.324 e. The van der Waals surface area contributed by atoms with E-state index in [9.17, 15) is 24.3 Å². The number of hydrogen-bond donors (Lipinski definition) is 5. The molecular weight excluding hydrogens is 1670 g/mol. The number of aliphatic hydroxyl groups is 1. The van der Waals surface area contributed by atoms with Gasteiger partial charge in [-0.2, -0.15) is 0 Å². The van der Waals surface area contributed by atoms with Gasteiger partial charge in [0.05, 0.1) is 114 Å². The number of ether oxygens (including phenoxy) is 1. The Hall–Kier alpha value is -11.7. The van der Waals surface area contributed by atoms with E-state index in [2.05, 4.69) is 270 Å². The number of benzene rings is 5. The number of fused-ring (bicyclic) bond motifs is 1. The lowest BCUT2D eigenvalue weighted by Gasteiger charge is -2.48. The van der Waals surface area contributed by atoms with Crippen LogP contribution in [-0.2, 0) is 33.3 Å². The third-order valence-electron chi connectivity index (χ3n) is 31.0. The number of aliphatic hydroxyl groups excluding tert-OH is 1. The van der Waals surface area contributed by atoms with Crippen molar-refractivity contribution < 1.29 is 29.0 Å². The van der Waals surface area contributed by atoms with Gasteiger partial charge in [0.1, 0.15) is 11.5 Å². The molecule has 10 aliphatic rings. The highest BCUT2D eigenvalue weighted by atomic mass is 32.1. The van der Waals surface area contributed by atoms with E-state index >= 15 is 0 Å². The van der Waals surface area contributed by atoms with E-state index in [-0.39, 0.29) is 74.5 Å². The number of thiazole rings is 1. The van der Waals surface area contributed by atoms with Crippen molar-refractivity contribution in [3.8, 4) is 17.2 Å². The van der Waals surface area contributed by atoms with E-state index in [0.29, 0.717) is 49.7 Å². The van der Waals surface area contributed by atoms with Gasteiger partial charge in [0.2, 0.25) is 11.9 Å². The largest absolute Gasteiger partial charge is 0.393 e. The van der Waals surface area contributed by atoms with Gasteiger partial charge >= 0.3 is 24.1 Å². The zero-order chi connectivity index (χ0) is 91.5. The number of piperidine rings is 1. The van der Waals surface area contributed by atoms with Crippen LogP contribution in [-0.4, -0.2) is 230 Å². The minimum atomic E-state index is -0.232. The van der Waals surface area contributed by atoms with Crippen molar-refractivity contribution in [1.82, 2.24) is 85.3 Å². The van der Waals surface area contributed by atoms with Gasteiger partial charge < -0.3 is 36.0 Å². The SMILES string of the molecule is CN(C)C1(c2ccccc2)CCC2(CC1)CN(c1cnc(-n3ccc4cccnc43)nc1)C(=O)N2.CN(C)C1(c2ccccc2)CCC2(CC1)CN(c1cnc(CC3CCOCC3)nc1)C(=O)N2.CN(C)C1(c2ccccc2)CCC2(CC1)CN(c1cnc(N3CCC(O)CC3)nc1)C(=O)N2.CN(C)C1(c2ccccc2)CCC2(CC1)CN(c1nc(-c3ccccc3)cs1)C(=O)N2. The van der Waals surface area contributed by atoms with Gasteiger partial charge in [-0.25, -0.2) is 59.0 Å². The van der Waals surface area contributed by atoms with E-state index in [4.69, 9.17) is 9.72 Å². The Labute approximate surface area is 779 Å². The first-order valence-electron chi connectivity index (χ1n) is 47.1. The average Bonchev–Trinajstić information content (AvgIpc) is 1.57. The fourth-order valence-corrected chi connectivity index (χ4v) is 23.4. The van der Waals surface area contributed by atoms with Gasteiger partial charge in [-0.1, -0.05) is 152 Å². The minimum Gasteiger partial charge on any atom is -0.393 e. The molecule has 6 aliphatic heterocycles. The summed E-state index contributed by atoms with van der Waals surface area (Å²) in [5, 5.41) is 26.8. The average molecular weight is 1800 g/mol. The molecule has 5 aromatic carbocycles. The van der Waals surface area contributed by atoms with E-state index in [1.807, 2.05) is 74.7 Å². The Morgan fingerprint density at radius 1 is 0.402 bits per heavy atom. The molecular formula is C103H126N22O6S. The Morgan fingerprint density at radius 3 is 1.13 bits per heavy atom. The van der Waals surface area contributed by atoms with Crippen molar-refractivity contribution in [2.24, 2.45) is 5.92 Å². The van der Waals surface area contributed by atoms with Crippen molar-refractivity contribution >= 4 is 74.6 Å². The highest BCUT2D eigenvalue weighted by molar-refractivity contribution is 7.14. The molecule has 6 aromatic heterocycles. The zero-order valence-electron chi connectivity index (χ0n) is 77.5. The van der Waals surface area contributed by atoms with Gasteiger partial charge in [-0.15, -0.1) is 11.3 Å². The molecule has 0 unspecified atom stereocenters. The molecule has 4 spiro atoms. The standard InChI is InChI=1S/C27H29N7O.C26H35N5O2.C25H34N6O2.C25H28N4OS/c1-32(2)27(21-8-4-3-5-9-21)13-11-26(12-14-27)19-34(25(35)31-26)22-17-29-24(30-18-22)33-16-10-20-7-6-15-28-23(20)33;1-30(2)26(21-6-4-3-5-7-21)12-10-25(11-13-26)19-31(24(32)29-25)22-17-27-23(28-18-22)16-20-8-14-33-15-9-20;1-29(2)25(19-6-4-3-5-7-19)12-10-24(11-13-25)18-31(23(33)28-24)20-16-26-22(27-17-20)30-14-8-21(32)9-15-30;1-28(2)25(20-11-7-4-8-12-20)15-13-24(14-16-25)18-29(22(30)27-24)23-26-21(17-31-23)19-9-5-3-6-10-19/h3-10,15-18H,11-14,19H2,1-2H3,(H,31,35);3-7,17-18,20H,8-16,19H2,1-2H3,(H,29,32);3-7,16-17,21,32H,8-15,18H2,1-2H3,(H,28,33);3-12,17H,13-16,18H2,1-2H3,(H,27,30). The van der Waals surface area contributed by atoms with Crippen LogP contribution in [0.1, 0.15) is 156 Å². The molecule has 6 saturated heterocycles. The number of nitrogens with zero attached hydrogens (tertiary/aromatic N) is 18. The quantitative estimate of drug-likeness (QED) is 0.0566. The number of anilines is 5. The molecule has 10 fully saturated rings. The lowest BCUT2D eigenvalue weighted by Crippen LogP contribution is -2.54. The maximum atomic E-state index is 13.0. The Morgan fingerprint density at radius 2 is 0.750 bits per heavy atom. The highest BCUT2D eigenvalue weighted by Crippen LogP contribution is 2.52. The molecule has 12 heterocycles. The van der Waals surface area contributed by atoms with Crippen LogP contribution in [0, 0.1) is 5.92 Å². The molecule has 29 heteroatoms. The second kappa shape index (κ2) is 38.1. The summed E-state index contributed by atoms with van der Waals surface area (Å²) in [4.78, 5) is 107. The number of amides is 8. The molecule has 28 nitrogen and oxygen atoms in total. The van der Waals surface area contributed by atoms with Crippen molar-refractivity contribution in [3.63, 3.8) is 0 Å². The third kappa shape index (κ3) is 18.4. The molecule has 4 aliphatic carbocycles. The fraction of sp³-hybridized carbons (Fsp3) is 0.456. The maximum absolute atomic E-state index is 13.0. The van der Waals surface area contributed by atoms with Crippen LogP contribution in [0.25, 0.3) is 28.2 Å². The number of carbonyl (C=O) groups excluding carboxylic acids is 4. The molecule has 0 bridgehead atoms. The van der Waals surface area contributed by atoms with Crippen LogP contribution in [0.4, 0.5) is 47.3 Å². The Bertz CT molecular complexity index is 5730. The van der Waals surface area contributed by atoms with Gasteiger partial charge in [0.15, 0.2) is 5.13 Å². The van der Waals surface area contributed by atoms with Crippen molar-refractivity contribution in [2.45, 2.75) is 185 Å². The molecule has 21 rings (SSSR count). The number of carbonyl (C=O) groups is 4. The lowest BCUT2D eigenvalue weighted by atomic mass is 9.69. The Kier molecular flexibility index (Phi) is 26.2. The van der Waals surface area contributed by atoms with Crippen LogP contribution in [0.15, 0.2) is 225 Å². The van der Waals surface area contributed by atoms with Crippen molar-refractivity contribution in [2.75, 3.05) is 133 Å². The Balaban J connectivity index is 0.000000118. The van der Waals surface area contributed by atoms with Crippen LogP contribution in [0.3, 0.4) is 0 Å². The number of pyridine rings is 1. The highest BCUT2D eigenvalue weighted by Gasteiger charge is 2.56. The number of hydrogen-bond acceptors (Lipinski definition) is 20. The number of rotatable bonds is 17. The molecule has 0 atom stereocenters. The molecule has 11 aromatic rings. The maximum Gasteiger partial charge on any atom is 0.324 e. The van der Waals surface area contributed by atoms with Crippen LogP contribution in [0.2, 0.25) is 0 Å². The summed E-state index contributed by atoms with van der Waals surface area (Å²) in [6, 6.07) is 58.9. The fourth-order valence-electron chi connectivity index (χ4n) is 22.6. The molecule has 5 N–H and O–H groups in total. The molecule has 690 valence electrons. The normalized spacial score (nSPS) is 26.8. The van der Waals surface area contributed by atoms with Gasteiger partial charge in [-0.3, -0.25) is 43.8 Å². The lowest BCUT2D eigenvalue weighted by molar-refractivity contribution is 0.0657. The summed E-state index contributed by atoms with van der Waals surface area (Å²) in [7, 11) is 17.3. The summed E-state index contributed by atoms with van der Waals surface area (Å²) in [6.45, 7) is 5.80. The predicted molar refractivity (Wildman–Crippen MR) is 519 cm³/mol. The second-order valence-electron chi connectivity index (χ2n) is 39.2. The van der Waals surface area contributed by atoms with Gasteiger partial charge in [0.25, 0.3) is 0 Å². The number of urea groups is 4. The summed E-state index contributed by atoms with van der Waals surface area (Å²) >= 11 is 1.54. The molecule has 0 radical (unpaired) electrons. The zero-order valence-corrected chi connectivity index (χ0v) is 78.3. The first-order chi connectivity index (χ1) is 63.9. The van der Waals surface area contributed by atoms with E-state index in [1.54, 1.807) is 52.1 Å². The predicted octanol–water partition coefficient (Wildman–Crippen LogP) is 15.7. The third-order valence-corrected chi connectivity index (χ3v) is 31.9. The van der Waals surface area contributed by atoms with Crippen LogP contribution < -0.4 is 45.8 Å². The summed E-state index contributed by atoms with van der Waals surface area (Å²) in [5.41, 5.74) is 9.66. The first-order valence-corrected chi connectivity index (χ1v) is 48.0. The van der Waals surface area contributed by atoms with Crippen LogP contribution >= 0.6 is 11.3 Å². The first kappa shape index (κ1) is 90.8. The molecule has 132 heavy (non-hydrogen) atoms. The minimum absolute atomic E-state index is 0.00254. The summed E-state index contributed by atoms with van der Waals surface area (Å²) < 4.78 is 7.30. The monoisotopic (exact) mass is 1800 g/mol. The van der Waals surface area contributed by atoms with Gasteiger partial charge in [-0.05, 0) is 231 Å². The molecule has 8 amide bonds. The second-order valence-corrected chi connectivity index (χ2v) is 40.0. The topological polar surface area (TPSA) is 283 Å². The number of nitrogens with one attached hydrogen (secondary N) is 4. The number of aromatic nitrogens is 9. The molecule has 4 saturated carbocycles. The van der Waals surface area contributed by atoms with E-state index < -0.39 is 0 Å². The van der Waals surface area contributed by atoms with Crippen molar-refractivity contribution in [3.05, 3.63) is 253 Å². The van der Waals surface area contributed by atoms with Crippen LogP contribution in [0.5, 0.6) is 0 Å². The summed E-state index contributed by atoms with van der Waals surface area (Å²) in [5.74, 6) is 2.65. The van der Waals surface area contributed by atoms with E-state index in [0.717, 1.165) is 206 Å². The summed E-state index contributed by atoms with van der Waals surface area (Å²) in [6.07, 6.45) is 34.1.